The number of nitrogens with one attached hydrogen (secondary N) is 2. The normalized spacial score (nSPS) is 10.9. The molecule has 2 N–H and O–H groups in total. The first-order valence-electron chi connectivity index (χ1n) is 10.6. The van der Waals surface area contributed by atoms with Gasteiger partial charge in [-0.15, -0.1) is 11.3 Å². The van der Waals surface area contributed by atoms with Gasteiger partial charge in [0.25, 0.3) is 11.8 Å². The maximum atomic E-state index is 13.1. The van der Waals surface area contributed by atoms with Crippen LogP contribution < -0.4 is 15.4 Å². The van der Waals surface area contributed by atoms with E-state index >= 15 is 0 Å². The number of carbonyl (C=O) groups is 2. The Hall–Kier alpha value is -4.30. The van der Waals surface area contributed by atoms with Crippen molar-refractivity contribution in [2.24, 2.45) is 0 Å². The van der Waals surface area contributed by atoms with Gasteiger partial charge < -0.3 is 15.4 Å². The van der Waals surface area contributed by atoms with Crippen molar-refractivity contribution in [1.82, 2.24) is 15.3 Å². The van der Waals surface area contributed by atoms with Crippen molar-refractivity contribution in [1.29, 1.82) is 0 Å². The molecular formula is C26H20N4O3S. The highest BCUT2D eigenvalue weighted by Crippen LogP contribution is 2.29. The number of aromatic nitrogens is 2. The van der Waals surface area contributed by atoms with Crippen LogP contribution in [0.5, 0.6) is 11.5 Å². The summed E-state index contributed by atoms with van der Waals surface area (Å²) in [5, 5.41) is 8.17. The summed E-state index contributed by atoms with van der Waals surface area (Å²) in [5.41, 5.74) is 2.40. The minimum Gasteiger partial charge on any atom is -0.457 e. The van der Waals surface area contributed by atoms with Crippen LogP contribution in [0.4, 0.5) is 5.69 Å². The second-order valence-corrected chi connectivity index (χ2v) is 8.85. The molecule has 0 atom stereocenters. The monoisotopic (exact) mass is 468 g/mol. The van der Waals surface area contributed by atoms with Crippen LogP contribution >= 0.6 is 11.3 Å². The third kappa shape index (κ3) is 4.31. The lowest BCUT2D eigenvalue weighted by Crippen LogP contribution is -2.18. The summed E-state index contributed by atoms with van der Waals surface area (Å²) in [6.45, 7) is 1.96. The molecule has 0 aliphatic rings. The molecule has 0 saturated carbocycles. The molecule has 0 radical (unpaired) electrons. The third-order valence-electron chi connectivity index (χ3n) is 5.28. The number of rotatable bonds is 5. The van der Waals surface area contributed by atoms with Crippen molar-refractivity contribution < 1.29 is 14.3 Å². The number of hydrogen-bond acceptors (Lipinski definition) is 6. The number of pyridine rings is 1. The lowest BCUT2D eigenvalue weighted by Gasteiger charge is -2.11. The molecule has 0 bridgehead atoms. The van der Waals surface area contributed by atoms with Crippen molar-refractivity contribution in [3.63, 3.8) is 0 Å². The van der Waals surface area contributed by atoms with Gasteiger partial charge in [-0.05, 0) is 66.2 Å². The van der Waals surface area contributed by atoms with Gasteiger partial charge in [-0.1, -0.05) is 12.1 Å². The lowest BCUT2D eigenvalue weighted by molar-refractivity contribution is 0.0957. The molecule has 2 amide bonds. The predicted molar refractivity (Wildman–Crippen MR) is 134 cm³/mol. The molecule has 7 nitrogen and oxygen atoms in total. The molecule has 168 valence electrons. The molecule has 0 aliphatic heterocycles. The fourth-order valence-electron chi connectivity index (χ4n) is 3.71. The number of hydrogen-bond donors (Lipinski definition) is 2. The van der Waals surface area contributed by atoms with Gasteiger partial charge in [-0.2, -0.15) is 0 Å². The van der Waals surface area contributed by atoms with Crippen molar-refractivity contribution in [3.05, 3.63) is 89.2 Å². The zero-order chi connectivity index (χ0) is 23.7. The van der Waals surface area contributed by atoms with E-state index in [0.29, 0.717) is 22.7 Å². The summed E-state index contributed by atoms with van der Waals surface area (Å²) in [4.78, 5) is 33.4. The minimum absolute atomic E-state index is 0.199. The number of anilines is 1. The SMILES string of the molecule is CNC(=O)c1cc(Oc2ccc3c(C(=O)Nc4ccc5sc(C)nc5c4)cccc3c2)ccn1. The number of amides is 2. The van der Waals surface area contributed by atoms with Gasteiger partial charge in [0.2, 0.25) is 0 Å². The van der Waals surface area contributed by atoms with Crippen LogP contribution in [-0.4, -0.2) is 28.8 Å². The highest BCUT2D eigenvalue weighted by atomic mass is 32.1. The number of carbonyl (C=O) groups excluding carboxylic acids is 2. The van der Waals surface area contributed by atoms with E-state index in [2.05, 4.69) is 20.6 Å². The molecule has 0 aliphatic carbocycles. The first-order chi connectivity index (χ1) is 16.5. The molecule has 0 saturated heterocycles. The van der Waals surface area contributed by atoms with E-state index in [1.165, 1.54) is 6.20 Å². The zero-order valence-electron chi connectivity index (χ0n) is 18.5. The summed E-state index contributed by atoms with van der Waals surface area (Å²) in [7, 11) is 1.55. The van der Waals surface area contributed by atoms with E-state index in [9.17, 15) is 9.59 Å². The quantitative estimate of drug-likeness (QED) is 0.352. The van der Waals surface area contributed by atoms with Gasteiger partial charge in [0.1, 0.15) is 17.2 Å². The second kappa shape index (κ2) is 8.92. The maximum absolute atomic E-state index is 13.1. The van der Waals surface area contributed by atoms with Crippen molar-refractivity contribution >= 4 is 49.8 Å². The van der Waals surface area contributed by atoms with E-state index in [1.54, 1.807) is 42.6 Å². The average molecular weight is 469 g/mol. The smallest absolute Gasteiger partial charge is 0.269 e. The van der Waals surface area contributed by atoms with Gasteiger partial charge in [0.05, 0.1) is 15.2 Å². The zero-order valence-corrected chi connectivity index (χ0v) is 19.3. The van der Waals surface area contributed by atoms with Crippen LogP contribution in [0.2, 0.25) is 0 Å². The summed E-state index contributed by atoms with van der Waals surface area (Å²) in [5.74, 6) is 0.594. The summed E-state index contributed by atoms with van der Waals surface area (Å²) in [6.07, 6.45) is 1.52. The van der Waals surface area contributed by atoms with E-state index in [-0.39, 0.29) is 17.5 Å². The largest absolute Gasteiger partial charge is 0.457 e. The number of aryl methyl sites for hydroxylation is 1. The molecule has 5 aromatic rings. The van der Waals surface area contributed by atoms with Gasteiger partial charge in [0, 0.05) is 30.6 Å². The Balaban J connectivity index is 1.40. The van der Waals surface area contributed by atoms with E-state index in [0.717, 1.165) is 26.0 Å². The summed E-state index contributed by atoms with van der Waals surface area (Å²) in [6, 6.07) is 20.1. The Morgan fingerprint density at radius 2 is 1.79 bits per heavy atom. The Labute approximate surface area is 199 Å². The van der Waals surface area contributed by atoms with Gasteiger partial charge in [-0.25, -0.2) is 4.98 Å². The van der Waals surface area contributed by atoms with Crippen LogP contribution in [0.3, 0.4) is 0 Å². The number of ether oxygens (including phenoxy) is 1. The molecule has 0 spiro atoms. The van der Waals surface area contributed by atoms with Gasteiger partial charge in [-0.3, -0.25) is 14.6 Å². The van der Waals surface area contributed by atoms with Crippen LogP contribution in [0, 0.1) is 6.92 Å². The number of thiazole rings is 1. The number of benzene rings is 3. The Morgan fingerprint density at radius 3 is 2.65 bits per heavy atom. The fourth-order valence-corrected chi connectivity index (χ4v) is 4.51. The van der Waals surface area contributed by atoms with E-state index in [1.807, 2.05) is 49.4 Å². The topological polar surface area (TPSA) is 93.2 Å². The van der Waals surface area contributed by atoms with Crippen LogP contribution in [0.15, 0.2) is 72.9 Å². The summed E-state index contributed by atoms with van der Waals surface area (Å²) >= 11 is 1.62. The first kappa shape index (κ1) is 21.5. The Kier molecular flexibility index (Phi) is 5.65. The highest BCUT2D eigenvalue weighted by molar-refractivity contribution is 7.18. The Bertz CT molecular complexity index is 1560. The first-order valence-corrected chi connectivity index (χ1v) is 11.4. The van der Waals surface area contributed by atoms with Crippen LogP contribution in [-0.2, 0) is 0 Å². The fraction of sp³-hybridized carbons (Fsp3) is 0.0769. The molecule has 3 aromatic carbocycles. The highest BCUT2D eigenvalue weighted by Gasteiger charge is 2.13. The second-order valence-electron chi connectivity index (χ2n) is 7.62. The Morgan fingerprint density at radius 1 is 0.941 bits per heavy atom. The lowest BCUT2D eigenvalue weighted by atomic mass is 10.0. The van der Waals surface area contributed by atoms with Crippen molar-refractivity contribution in [2.75, 3.05) is 12.4 Å². The molecule has 5 rings (SSSR count). The molecule has 2 heterocycles. The number of nitrogens with zero attached hydrogens (tertiary/aromatic N) is 2. The third-order valence-corrected chi connectivity index (χ3v) is 6.23. The number of fused-ring (bicyclic) bond motifs is 2. The van der Waals surface area contributed by atoms with Crippen LogP contribution in [0.25, 0.3) is 21.0 Å². The summed E-state index contributed by atoms with van der Waals surface area (Å²) < 4.78 is 7.02. The van der Waals surface area contributed by atoms with E-state index < -0.39 is 0 Å². The van der Waals surface area contributed by atoms with Crippen LogP contribution in [0.1, 0.15) is 25.9 Å². The molecular weight excluding hydrogens is 448 g/mol. The molecule has 8 heteroatoms. The standard InChI is InChI=1S/C26H20N4O3S/c1-15-29-22-13-17(6-9-24(22)34-15)30-25(31)21-5-3-4-16-12-18(7-8-20(16)21)33-19-10-11-28-23(14-19)26(32)27-2/h3-14H,1-2H3,(H,27,32)(H,30,31). The van der Waals surface area contributed by atoms with Gasteiger partial charge >= 0.3 is 0 Å². The van der Waals surface area contributed by atoms with Crippen molar-refractivity contribution in [3.8, 4) is 11.5 Å². The molecule has 2 aromatic heterocycles. The van der Waals surface area contributed by atoms with E-state index in [4.69, 9.17) is 4.74 Å². The molecule has 0 fully saturated rings. The minimum atomic E-state index is -0.288. The molecule has 0 unspecified atom stereocenters. The maximum Gasteiger partial charge on any atom is 0.269 e. The molecule has 34 heavy (non-hydrogen) atoms. The predicted octanol–water partition coefficient (Wildman–Crippen LogP) is 5.56. The van der Waals surface area contributed by atoms with Gasteiger partial charge in [0.15, 0.2) is 0 Å². The average Bonchev–Trinajstić information content (AvgIpc) is 3.22. The van der Waals surface area contributed by atoms with Crippen molar-refractivity contribution in [2.45, 2.75) is 6.92 Å².